The standard InChI is InChI=1S/C24H22N2O7/c1-31-13-20(23(28)29)25-22(27)21-19(10-11-32-21)26-24(30)33-12-18-16-8-4-2-6-14(16)15-7-3-5-9-17(15)18/h2-11,18,20H,12-13H2,1H3,(H,25,27)(H,26,30)(H,28,29). The predicted molar refractivity (Wildman–Crippen MR) is 118 cm³/mol. The molecule has 3 aromatic rings. The number of hydrogen-bond donors (Lipinski definition) is 3. The van der Waals surface area contributed by atoms with Crippen molar-refractivity contribution in [3.8, 4) is 11.1 Å². The molecule has 1 heterocycles. The number of amides is 2. The van der Waals surface area contributed by atoms with Crippen molar-refractivity contribution in [3.63, 3.8) is 0 Å². The van der Waals surface area contributed by atoms with Gasteiger partial charge in [0.2, 0.25) is 5.76 Å². The van der Waals surface area contributed by atoms with Gasteiger partial charge in [-0.25, -0.2) is 9.59 Å². The van der Waals surface area contributed by atoms with Crippen LogP contribution in [0.5, 0.6) is 0 Å². The summed E-state index contributed by atoms with van der Waals surface area (Å²) < 4.78 is 15.4. The first-order valence-electron chi connectivity index (χ1n) is 10.2. The van der Waals surface area contributed by atoms with Crippen LogP contribution in [-0.2, 0) is 14.3 Å². The molecule has 0 bridgehead atoms. The maximum atomic E-state index is 12.5. The van der Waals surface area contributed by atoms with Crippen LogP contribution in [0.25, 0.3) is 11.1 Å². The summed E-state index contributed by atoms with van der Waals surface area (Å²) in [5.74, 6) is -2.42. The van der Waals surface area contributed by atoms with E-state index in [4.69, 9.17) is 19.0 Å². The highest BCUT2D eigenvalue weighted by molar-refractivity contribution is 6.01. The number of ether oxygens (including phenoxy) is 2. The molecule has 9 nitrogen and oxygen atoms in total. The summed E-state index contributed by atoms with van der Waals surface area (Å²) in [7, 11) is 1.32. The van der Waals surface area contributed by atoms with E-state index in [1.807, 2.05) is 48.5 Å². The summed E-state index contributed by atoms with van der Waals surface area (Å²) in [5.41, 5.74) is 4.44. The Bertz CT molecular complexity index is 1140. The number of aliphatic carboxylic acids is 1. The second-order valence-corrected chi connectivity index (χ2v) is 7.43. The van der Waals surface area contributed by atoms with Gasteiger partial charge in [0, 0.05) is 19.1 Å². The number of hydrogen-bond acceptors (Lipinski definition) is 6. The van der Waals surface area contributed by atoms with Gasteiger partial charge in [-0.05, 0) is 22.3 Å². The molecule has 0 saturated carbocycles. The second-order valence-electron chi connectivity index (χ2n) is 7.43. The fourth-order valence-corrected chi connectivity index (χ4v) is 3.89. The van der Waals surface area contributed by atoms with Gasteiger partial charge in [0.15, 0.2) is 6.04 Å². The Morgan fingerprint density at radius 2 is 1.67 bits per heavy atom. The van der Waals surface area contributed by atoms with Crippen LogP contribution in [0.15, 0.2) is 65.3 Å². The number of nitrogens with one attached hydrogen (secondary N) is 2. The van der Waals surface area contributed by atoms with Gasteiger partial charge < -0.3 is 24.3 Å². The summed E-state index contributed by atoms with van der Waals surface area (Å²) in [4.78, 5) is 36.1. The third-order valence-electron chi connectivity index (χ3n) is 5.39. The molecule has 0 saturated heterocycles. The molecule has 1 aromatic heterocycles. The van der Waals surface area contributed by atoms with E-state index in [2.05, 4.69) is 10.6 Å². The number of furan rings is 1. The molecule has 1 aliphatic rings. The smallest absolute Gasteiger partial charge is 0.411 e. The highest BCUT2D eigenvalue weighted by Gasteiger charge is 2.29. The number of carboxylic acids is 1. The van der Waals surface area contributed by atoms with Crippen LogP contribution >= 0.6 is 0 Å². The molecule has 2 amide bonds. The Balaban J connectivity index is 1.41. The van der Waals surface area contributed by atoms with Crippen LogP contribution in [0.1, 0.15) is 27.6 Å². The summed E-state index contributed by atoms with van der Waals surface area (Å²) in [6.07, 6.45) is 0.444. The van der Waals surface area contributed by atoms with E-state index >= 15 is 0 Å². The minimum atomic E-state index is -1.27. The zero-order chi connectivity index (χ0) is 23.4. The van der Waals surface area contributed by atoms with Crippen LogP contribution in [-0.4, -0.2) is 49.4 Å². The van der Waals surface area contributed by atoms with Crippen molar-refractivity contribution < 1.29 is 33.4 Å². The van der Waals surface area contributed by atoms with Crippen LogP contribution in [0.3, 0.4) is 0 Å². The molecule has 0 radical (unpaired) electrons. The lowest BCUT2D eigenvalue weighted by Gasteiger charge is -2.15. The van der Waals surface area contributed by atoms with Crippen molar-refractivity contribution in [1.82, 2.24) is 5.32 Å². The summed E-state index contributed by atoms with van der Waals surface area (Å²) in [5, 5.41) is 13.9. The van der Waals surface area contributed by atoms with Crippen LogP contribution in [0.2, 0.25) is 0 Å². The molecule has 1 aliphatic carbocycles. The Morgan fingerprint density at radius 1 is 1.03 bits per heavy atom. The number of carboxylic acid groups (broad SMARTS) is 1. The Labute approximate surface area is 189 Å². The Hall–Kier alpha value is -4.11. The topological polar surface area (TPSA) is 127 Å². The lowest BCUT2D eigenvalue weighted by molar-refractivity contribution is -0.140. The maximum Gasteiger partial charge on any atom is 0.411 e. The molecule has 0 aliphatic heterocycles. The van der Waals surface area contributed by atoms with Crippen LogP contribution < -0.4 is 10.6 Å². The molecule has 170 valence electrons. The number of fused-ring (bicyclic) bond motifs is 3. The zero-order valence-corrected chi connectivity index (χ0v) is 17.7. The Morgan fingerprint density at radius 3 is 2.27 bits per heavy atom. The number of rotatable bonds is 8. The van der Waals surface area contributed by atoms with E-state index in [-0.39, 0.29) is 30.6 Å². The molecule has 1 atom stereocenters. The number of anilines is 1. The van der Waals surface area contributed by atoms with Gasteiger partial charge in [0.1, 0.15) is 6.61 Å². The quantitative estimate of drug-likeness (QED) is 0.480. The average Bonchev–Trinajstić information content (AvgIpc) is 3.40. The number of carbonyl (C=O) groups is 3. The summed E-state index contributed by atoms with van der Waals surface area (Å²) in [6, 6.07) is 16.0. The molecule has 4 rings (SSSR count). The number of carbonyl (C=O) groups excluding carboxylic acids is 2. The van der Waals surface area contributed by atoms with Gasteiger partial charge in [-0.3, -0.25) is 10.1 Å². The normalized spacial score (nSPS) is 13.0. The monoisotopic (exact) mass is 450 g/mol. The first-order chi connectivity index (χ1) is 16.0. The largest absolute Gasteiger partial charge is 0.480 e. The first-order valence-corrected chi connectivity index (χ1v) is 10.2. The molecule has 33 heavy (non-hydrogen) atoms. The van der Waals surface area contributed by atoms with E-state index in [9.17, 15) is 14.4 Å². The van der Waals surface area contributed by atoms with Crippen molar-refractivity contribution in [2.24, 2.45) is 0 Å². The summed E-state index contributed by atoms with van der Waals surface area (Å²) >= 11 is 0. The minimum Gasteiger partial charge on any atom is -0.480 e. The SMILES string of the molecule is COCC(NC(=O)c1occc1NC(=O)OCC1c2ccccc2-c2ccccc21)C(=O)O. The number of benzene rings is 2. The van der Waals surface area contributed by atoms with Crippen LogP contribution in [0, 0.1) is 0 Å². The minimum absolute atomic E-state index is 0.0614. The van der Waals surface area contributed by atoms with Gasteiger partial charge in [0.05, 0.1) is 18.6 Å². The highest BCUT2D eigenvalue weighted by Crippen LogP contribution is 2.44. The predicted octanol–water partition coefficient (Wildman–Crippen LogP) is 3.47. The summed E-state index contributed by atoms with van der Waals surface area (Å²) in [6.45, 7) is -0.120. The highest BCUT2D eigenvalue weighted by atomic mass is 16.5. The molecule has 9 heteroatoms. The third kappa shape index (κ3) is 4.58. The van der Waals surface area contributed by atoms with E-state index in [1.54, 1.807) is 0 Å². The van der Waals surface area contributed by atoms with Crippen molar-refractivity contribution in [2.75, 3.05) is 25.6 Å². The second kappa shape index (κ2) is 9.58. The fourth-order valence-electron chi connectivity index (χ4n) is 3.89. The van der Waals surface area contributed by atoms with Crippen molar-refractivity contribution in [2.45, 2.75) is 12.0 Å². The van der Waals surface area contributed by atoms with E-state index in [0.717, 1.165) is 22.3 Å². The lowest BCUT2D eigenvalue weighted by Crippen LogP contribution is -2.43. The zero-order valence-electron chi connectivity index (χ0n) is 17.7. The van der Waals surface area contributed by atoms with Gasteiger partial charge in [-0.1, -0.05) is 48.5 Å². The third-order valence-corrected chi connectivity index (χ3v) is 5.39. The van der Waals surface area contributed by atoms with Gasteiger partial charge in [-0.15, -0.1) is 0 Å². The van der Waals surface area contributed by atoms with Crippen molar-refractivity contribution in [3.05, 3.63) is 77.7 Å². The molecule has 3 N–H and O–H groups in total. The molecule has 0 fully saturated rings. The van der Waals surface area contributed by atoms with E-state index in [1.165, 1.54) is 19.4 Å². The van der Waals surface area contributed by atoms with Gasteiger partial charge >= 0.3 is 12.1 Å². The fraction of sp³-hybridized carbons (Fsp3) is 0.208. The average molecular weight is 450 g/mol. The van der Waals surface area contributed by atoms with E-state index < -0.39 is 24.0 Å². The van der Waals surface area contributed by atoms with Gasteiger partial charge in [0.25, 0.3) is 5.91 Å². The molecule has 2 aromatic carbocycles. The number of methoxy groups -OCH3 is 1. The molecular weight excluding hydrogens is 428 g/mol. The molecule has 0 spiro atoms. The van der Waals surface area contributed by atoms with Gasteiger partial charge in [-0.2, -0.15) is 0 Å². The first kappa shape index (κ1) is 22.1. The maximum absolute atomic E-state index is 12.5. The van der Waals surface area contributed by atoms with E-state index in [0.29, 0.717) is 0 Å². The Kier molecular flexibility index (Phi) is 6.41. The molecular formula is C24H22N2O7. The molecule has 1 unspecified atom stereocenters. The van der Waals surface area contributed by atoms with Crippen LogP contribution in [0.4, 0.5) is 10.5 Å². The van der Waals surface area contributed by atoms with Crippen molar-refractivity contribution >= 4 is 23.7 Å². The van der Waals surface area contributed by atoms with Crippen molar-refractivity contribution in [1.29, 1.82) is 0 Å². The lowest BCUT2D eigenvalue weighted by atomic mass is 9.98.